The van der Waals surface area contributed by atoms with Crippen molar-refractivity contribution in [2.45, 2.75) is 19.4 Å². The second-order valence-corrected chi connectivity index (χ2v) is 3.19. The Kier molecular flexibility index (Phi) is 3.70. The van der Waals surface area contributed by atoms with Crippen LogP contribution in [0.5, 0.6) is 0 Å². The van der Waals surface area contributed by atoms with Crippen LogP contribution in [0.2, 0.25) is 0 Å². The molecule has 4 nitrogen and oxygen atoms in total. The van der Waals surface area contributed by atoms with Gasteiger partial charge in [0.2, 0.25) is 0 Å². The molecule has 1 aromatic carbocycles. The van der Waals surface area contributed by atoms with Crippen molar-refractivity contribution in [1.82, 2.24) is 0 Å². The number of hydrogen-bond donors (Lipinski definition) is 1. The van der Waals surface area contributed by atoms with Crippen molar-refractivity contribution in [2.24, 2.45) is 0 Å². The summed E-state index contributed by atoms with van der Waals surface area (Å²) in [5.74, 6) is -0.790. The van der Waals surface area contributed by atoms with Gasteiger partial charge in [0.15, 0.2) is 0 Å². The number of rotatable bonds is 4. The first-order valence-electron chi connectivity index (χ1n) is 4.40. The van der Waals surface area contributed by atoms with Gasteiger partial charge in [-0.25, -0.2) is 13.2 Å². The van der Waals surface area contributed by atoms with Crippen molar-refractivity contribution in [1.29, 1.82) is 0 Å². The number of alkyl halides is 2. The lowest BCUT2D eigenvalue weighted by Gasteiger charge is -2.13. The predicted octanol–water partition coefficient (Wildman–Crippen LogP) is 2.80. The number of nitro groups is 1. The normalized spacial score (nSPS) is 12.6. The van der Waals surface area contributed by atoms with Crippen LogP contribution in [-0.4, -0.2) is 17.4 Å². The predicted molar refractivity (Wildman–Crippen MR) is 52.1 cm³/mol. The van der Waals surface area contributed by atoms with Gasteiger partial charge in [0.1, 0.15) is 11.5 Å². The lowest BCUT2D eigenvalue weighted by Crippen LogP contribution is -2.24. The van der Waals surface area contributed by atoms with Gasteiger partial charge >= 0.3 is 0 Å². The smallest absolute Gasteiger partial charge is 0.295 e. The van der Waals surface area contributed by atoms with Crippen molar-refractivity contribution < 1.29 is 18.1 Å². The maximum Gasteiger partial charge on any atom is 0.295 e. The number of hydrogen-bond acceptors (Lipinski definition) is 3. The molecular formula is C9H9F3N2O2. The summed E-state index contributed by atoms with van der Waals surface area (Å²) < 4.78 is 37.2. The van der Waals surface area contributed by atoms with E-state index in [9.17, 15) is 23.3 Å². The minimum Gasteiger partial charge on any atom is -0.371 e. The molecule has 1 unspecified atom stereocenters. The summed E-state index contributed by atoms with van der Waals surface area (Å²) in [5.41, 5.74) is -0.688. The number of nitrogens with one attached hydrogen (secondary N) is 1. The van der Waals surface area contributed by atoms with Crippen molar-refractivity contribution in [3.05, 3.63) is 34.1 Å². The Balaban J connectivity index is 2.99. The van der Waals surface area contributed by atoms with Crippen LogP contribution in [0.15, 0.2) is 18.2 Å². The van der Waals surface area contributed by atoms with Crippen LogP contribution in [0.3, 0.4) is 0 Å². The van der Waals surface area contributed by atoms with E-state index < -0.39 is 28.9 Å². The Labute approximate surface area is 89.2 Å². The molecule has 0 saturated heterocycles. The monoisotopic (exact) mass is 234 g/mol. The molecule has 0 fully saturated rings. The van der Waals surface area contributed by atoms with Gasteiger partial charge in [0.25, 0.3) is 12.1 Å². The molecule has 0 aliphatic heterocycles. The largest absolute Gasteiger partial charge is 0.371 e. The van der Waals surface area contributed by atoms with Crippen LogP contribution >= 0.6 is 0 Å². The van der Waals surface area contributed by atoms with Crippen molar-refractivity contribution in [3.8, 4) is 0 Å². The van der Waals surface area contributed by atoms with Crippen LogP contribution in [-0.2, 0) is 0 Å². The van der Waals surface area contributed by atoms with E-state index in [2.05, 4.69) is 5.32 Å². The Morgan fingerprint density at radius 2 is 2.06 bits per heavy atom. The van der Waals surface area contributed by atoms with Gasteiger partial charge < -0.3 is 5.32 Å². The van der Waals surface area contributed by atoms with Crippen LogP contribution in [0, 0.1) is 15.9 Å². The summed E-state index contributed by atoms with van der Waals surface area (Å²) in [4.78, 5) is 9.71. The fourth-order valence-electron chi connectivity index (χ4n) is 1.09. The van der Waals surface area contributed by atoms with Crippen LogP contribution < -0.4 is 5.32 Å². The molecule has 7 heteroatoms. The molecule has 0 aromatic heterocycles. The van der Waals surface area contributed by atoms with Crippen LogP contribution in [0.4, 0.5) is 24.5 Å². The Hall–Kier alpha value is -1.79. The summed E-state index contributed by atoms with van der Waals surface area (Å²) in [6.07, 6.45) is -2.66. The lowest BCUT2D eigenvalue weighted by molar-refractivity contribution is -0.384. The SMILES string of the molecule is CC(Nc1ccc(F)cc1[N+](=O)[O-])C(F)F. The first kappa shape index (κ1) is 12.3. The third-order valence-corrected chi connectivity index (χ3v) is 1.92. The Morgan fingerprint density at radius 3 is 2.56 bits per heavy atom. The fourth-order valence-corrected chi connectivity index (χ4v) is 1.09. The Morgan fingerprint density at radius 1 is 1.44 bits per heavy atom. The summed E-state index contributed by atoms with van der Waals surface area (Å²) >= 11 is 0. The van der Waals surface area contributed by atoms with Gasteiger partial charge in [-0.1, -0.05) is 0 Å². The topological polar surface area (TPSA) is 55.2 Å². The van der Waals surface area contributed by atoms with Gasteiger partial charge in [0.05, 0.1) is 17.0 Å². The molecule has 0 aliphatic carbocycles. The zero-order chi connectivity index (χ0) is 12.3. The molecule has 1 atom stereocenters. The average molecular weight is 234 g/mol. The molecule has 1 rings (SSSR count). The first-order valence-corrected chi connectivity index (χ1v) is 4.40. The van der Waals surface area contributed by atoms with Crippen LogP contribution in [0.25, 0.3) is 0 Å². The van der Waals surface area contributed by atoms with E-state index in [-0.39, 0.29) is 5.69 Å². The zero-order valence-corrected chi connectivity index (χ0v) is 8.28. The van der Waals surface area contributed by atoms with Crippen molar-refractivity contribution >= 4 is 11.4 Å². The quantitative estimate of drug-likeness (QED) is 0.643. The highest BCUT2D eigenvalue weighted by Crippen LogP contribution is 2.26. The van der Waals surface area contributed by atoms with E-state index >= 15 is 0 Å². The van der Waals surface area contributed by atoms with E-state index in [1.165, 1.54) is 6.92 Å². The molecule has 16 heavy (non-hydrogen) atoms. The maximum atomic E-state index is 12.7. The van der Waals surface area contributed by atoms with Gasteiger partial charge in [-0.15, -0.1) is 0 Å². The molecule has 0 radical (unpaired) electrons. The third kappa shape index (κ3) is 2.85. The summed E-state index contributed by atoms with van der Waals surface area (Å²) in [5, 5.41) is 12.8. The molecule has 88 valence electrons. The molecule has 1 aromatic rings. The molecule has 0 saturated carbocycles. The summed E-state index contributed by atoms with van der Waals surface area (Å²) in [7, 11) is 0. The fraction of sp³-hybridized carbons (Fsp3) is 0.333. The third-order valence-electron chi connectivity index (χ3n) is 1.92. The van der Waals surface area contributed by atoms with Gasteiger partial charge in [0, 0.05) is 0 Å². The number of anilines is 1. The van der Waals surface area contributed by atoms with E-state index in [4.69, 9.17) is 0 Å². The molecule has 0 amide bonds. The zero-order valence-electron chi connectivity index (χ0n) is 8.28. The minimum absolute atomic E-state index is 0.126. The van der Waals surface area contributed by atoms with Crippen molar-refractivity contribution in [2.75, 3.05) is 5.32 Å². The van der Waals surface area contributed by atoms with E-state index in [0.29, 0.717) is 6.07 Å². The molecule has 1 N–H and O–H groups in total. The Bertz CT molecular complexity index is 398. The summed E-state index contributed by atoms with van der Waals surface area (Å²) in [6.45, 7) is 1.18. The second-order valence-electron chi connectivity index (χ2n) is 3.19. The average Bonchev–Trinajstić information content (AvgIpc) is 2.20. The molecule has 0 spiro atoms. The van der Waals surface area contributed by atoms with Crippen molar-refractivity contribution in [3.63, 3.8) is 0 Å². The standard InChI is InChI=1S/C9H9F3N2O2/c1-5(9(11)12)13-7-3-2-6(10)4-8(7)14(15)16/h2-5,9,13H,1H3. The molecule has 0 aliphatic rings. The highest BCUT2D eigenvalue weighted by Gasteiger charge is 2.20. The lowest BCUT2D eigenvalue weighted by atomic mass is 10.2. The van der Waals surface area contributed by atoms with E-state index in [1.54, 1.807) is 0 Å². The summed E-state index contributed by atoms with van der Waals surface area (Å²) in [6, 6.07) is 1.46. The van der Waals surface area contributed by atoms with Crippen LogP contribution in [0.1, 0.15) is 6.92 Å². The number of nitro benzene ring substituents is 1. The number of halogens is 3. The van der Waals surface area contributed by atoms with Gasteiger partial charge in [-0.3, -0.25) is 10.1 Å². The second kappa shape index (κ2) is 4.82. The number of nitrogens with zero attached hydrogens (tertiary/aromatic N) is 1. The van der Waals surface area contributed by atoms with Gasteiger partial charge in [-0.2, -0.15) is 0 Å². The molecular weight excluding hydrogens is 225 g/mol. The molecule has 0 bridgehead atoms. The number of benzene rings is 1. The van der Waals surface area contributed by atoms with E-state index in [0.717, 1.165) is 12.1 Å². The minimum atomic E-state index is -2.66. The first-order chi connectivity index (χ1) is 7.41. The maximum absolute atomic E-state index is 12.7. The van der Waals surface area contributed by atoms with Gasteiger partial charge in [-0.05, 0) is 19.1 Å². The van der Waals surface area contributed by atoms with E-state index in [1.807, 2.05) is 0 Å². The highest BCUT2D eigenvalue weighted by molar-refractivity contribution is 5.61. The highest BCUT2D eigenvalue weighted by atomic mass is 19.3. The molecule has 0 heterocycles.